The van der Waals surface area contributed by atoms with Crippen LogP contribution in [0.4, 0.5) is 0 Å². The van der Waals surface area contributed by atoms with Crippen molar-refractivity contribution in [2.24, 2.45) is 0 Å². The van der Waals surface area contributed by atoms with Crippen LogP contribution in [0.2, 0.25) is 0 Å². The third-order valence-electron chi connectivity index (χ3n) is 3.29. The van der Waals surface area contributed by atoms with Crippen molar-refractivity contribution in [3.8, 4) is 0 Å². The van der Waals surface area contributed by atoms with Crippen molar-refractivity contribution in [1.29, 1.82) is 0 Å². The maximum absolute atomic E-state index is 9.56. The molecule has 3 nitrogen and oxygen atoms in total. The Morgan fingerprint density at radius 3 is 2.62 bits per heavy atom. The van der Waals surface area contributed by atoms with Gasteiger partial charge in [-0.15, -0.1) is 0 Å². The van der Waals surface area contributed by atoms with Crippen LogP contribution in [0.5, 0.6) is 0 Å². The number of nitrogens with one attached hydrogen (secondary N) is 2. The molecule has 2 atom stereocenters. The number of aliphatic hydroxyl groups is 1. The maximum Gasteiger partial charge on any atom is 0.0717 e. The molecule has 2 aliphatic rings. The second kappa shape index (κ2) is 4.40. The number of hydrogen-bond donors (Lipinski definition) is 3. The van der Waals surface area contributed by atoms with Gasteiger partial charge in [-0.1, -0.05) is 12.8 Å². The fourth-order valence-electron chi connectivity index (χ4n) is 2.39. The van der Waals surface area contributed by atoms with Crippen molar-refractivity contribution >= 4 is 0 Å². The van der Waals surface area contributed by atoms with E-state index in [0.717, 1.165) is 25.6 Å². The first-order chi connectivity index (χ1) is 6.36. The summed E-state index contributed by atoms with van der Waals surface area (Å²) in [6.45, 7) is 1.91. The standard InChI is InChI=1S/C10H20N2O/c13-10-5-6-11-9(10)7-12-8-3-1-2-4-8/h8-13H,1-7H2. The first-order valence-electron chi connectivity index (χ1n) is 5.51. The van der Waals surface area contributed by atoms with Crippen molar-refractivity contribution in [3.63, 3.8) is 0 Å². The Balaban J connectivity index is 1.66. The van der Waals surface area contributed by atoms with Gasteiger partial charge in [-0.3, -0.25) is 0 Å². The van der Waals surface area contributed by atoms with Gasteiger partial charge in [0.2, 0.25) is 0 Å². The van der Waals surface area contributed by atoms with E-state index in [1.807, 2.05) is 0 Å². The van der Waals surface area contributed by atoms with Gasteiger partial charge in [-0.05, 0) is 25.8 Å². The van der Waals surface area contributed by atoms with E-state index in [4.69, 9.17) is 0 Å². The predicted molar refractivity (Wildman–Crippen MR) is 52.7 cm³/mol. The van der Waals surface area contributed by atoms with E-state index in [9.17, 15) is 5.11 Å². The second-order valence-electron chi connectivity index (χ2n) is 4.31. The predicted octanol–water partition coefficient (Wildman–Crippen LogP) is 0.241. The number of aliphatic hydroxyl groups excluding tert-OH is 1. The first kappa shape index (κ1) is 9.44. The summed E-state index contributed by atoms with van der Waals surface area (Å²) in [6, 6.07) is 1.01. The maximum atomic E-state index is 9.56. The van der Waals surface area contributed by atoms with Gasteiger partial charge < -0.3 is 15.7 Å². The summed E-state index contributed by atoms with van der Waals surface area (Å²) in [6.07, 6.45) is 6.17. The Morgan fingerprint density at radius 1 is 1.23 bits per heavy atom. The zero-order valence-electron chi connectivity index (χ0n) is 8.13. The van der Waals surface area contributed by atoms with Crippen molar-refractivity contribution in [1.82, 2.24) is 10.6 Å². The van der Waals surface area contributed by atoms with Gasteiger partial charge in [0.25, 0.3) is 0 Å². The lowest BCUT2D eigenvalue weighted by Gasteiger charge is -2.18. The van der Waals surface area contributed by atoms with Crippen LogP contribution in [0.25, 0.3) is 0 Å². The van der Waals surface area contributed by atoms with Crippen LogP contribution in [-0.2, 0) is 0 Å². The Kier molecular flexibility index (Phi) is 3.19. The van der Waals surface area contributed by atoms with E-state index in [0.29, 0.717) is 6.04 Å². The highest BCUT2D eigenvalue weighted by atomic mass is 16.3. The molecule has 2 fully saturated rings. The van der Waals surface area contributed by atoms with Crippen LogP contribution in [0.15, 0.2) is 0 Å². The lowest BCUT2D eigenvalue weighted by Crippen LogP contribution is -2.43. The van der Waals surface area contributed by atoms with Crippen molar-refractivity contribution in [3.05, 3.63) is 0 Å². The highest BCUT2D eigenvalue weighted by molar-refractivity contribution is 4.86. The average molecular weight is 184 g/mol. The molecule has 1 saturated heterocycles. The molecule has 3 N–H and O–H groups in total. The fourth-order valence-corrected chi connectivity index (χ4v) is 2.39. The Morgan fingerprint density at radius 2 is 2.00 bits per heavy atom. The summed E-state index contributed by atoms with van der Waals surface area (Å²) in [5, 5.41) is 16.4. The van der Waals surface area contributed by atoms with Gasteiger partial charge in [-0.25, -0.2) is 0 Å². The van der Waals surface area contributed by atoms with Gasteiger partial charge in [0.05, 0.1) is 6.10 Å². The molecule has 1 aliphatic heterocycles. The van der Waals surface area contributed by atoms with Crippen molar-refractivity contribution in [2.75, 3.05) is 13.1 Å². The Labute approximate surface area is 79.9 Å². The molecule has 0 aromatic rings. The quantitative estimate of drug-likeness (QED) is 0.589. The molecule has 0 aromatic carbocycles. The Hall–Kier alpha value is -0.120. The molecule has 76 valence electrons. The average Bonchev–Trinajstić information content (AvgIpc) is 2.72. The zero-order valence-corrected chi connectivity index (χ0v) is 8.13. The van der Waals surface area contributed by atoms with Gasteiger partial charge in [0, 0.05) is 18.6 Å². The summed E-state index contributed by atoms with van der Waals surface area (Å²) in [5.41, 5.74) is 0. The summed E-state index contributed by atoms with van der Waals surface area (Å²) in [7, 11) is 0. The van der Waals surface area contributed by atoms with Crippen LogP contribution in [-0.4, -0.2) is 36.4 Å². The minimum absolute atomic E-state index is 0.131. The zero-order chi connectivity index (χ0) is 9.10. The molecule has 0 bridgehead atoms. The lowest BCUT2D eigenvalue weighted by molar-refractivity contribution is 0.156. The van der Waals surface area contributed by atoms with Crippen LogP contribution in [0, 0.1) is 0 Å². The van der Waals surface area contributed by atoms with E-state index >= 15 is 0 Å². The normalized spacial score (nSPS) is 35.8. The minimum Gasteiger partial charge on any atom is -0.391 e. The third kappa shape index (κ3) is 2.42. The van der Waals surface area contributed by atoms with Crippen molar-refractivity contribution < 1.29 is 5.11 Å². The highest BCUT2D eigenvalue weighted by Gasteiger charge is 2.25. The minimum atomic E-state index is -0.131. The molecule has 0 spiro atoms. The lowest BCUT2D eigenvalue weighted by atomic mass is 10.1. The first-order valence-corrected chi connectivity index (χ1v) is 5.51. The largest absolute Gasteiger partial charge is 0.391 e. The molecule has 1 saturated carbocycles. The number of rotatable bonds is 3. The molecule has 13 heavy (non-hydrogen) atoms. The van der Waals surface area contributed by atoms with Crippen molar-refractivity contribution in [2.45, 2.75) is 50.3 Å². The molecule has 0 amide bonds. The van der Waals surface area contributed by atoms with Crippen LogP contribution in [0.3, 0.4) is 0 Å². The highest BCUT2D eigenvalue weighted by Crippen LogP contribution is 2.17. The fraction of sp³-hybridized carbons (Fsp3) is 1.00. The molecule has 1 heterocycles. The van der Waals surface area contributed by atoms with Gasteiger partial charge in [0.1, 0.15) is 0 Å². The van der Waals surface area contributed by atoms with Crippen LogP contribution < -0.4 is 10.6 Å². The van der Waals surface area contributed by atoms with E-state index in [-0.39, 0.29) is 6.10 Å². The second-order valence-corrected chi connectivity index (χ2v) is 4.31. The third-order valence-corrected chi connectivity index (χ3v) is 3.29. The van der Waals surface area contributed by atoms with E-state index in [2.05, 4.69) is 10.6 Å². The molecule has 0 radical (unpaired) electrons. The Bertz CT molecular complexity index is 157. The van der Waals surface area contributed by atoms with Gasteiger partial charge >= 0.3 is 0 Å². The van der Waals surface area contributed by atoms with Crippen LogP contribution >= 0.6 is 0 Å². The van der Waals surface area contributed by atoms with Gasteiger partial charge in [-0.2, -0.15) is 0 Å². The molecule has 2 rings (SSSR count). The number of hydrogen-bond acceptors (Lipinski definition) is 3. The smallest absolute Gasteiger partial charge is 0.0717 e. The summed E-state index contributed by atoms with van der Waals surface area (Å²) in [4.78, 5) is 0. The molecular formula is C10H20N2O. The monoisotopic (exact) mass is 184 g/mol. The molecule has 2 unspecified atom stereocenters. The molecular weight excluding hydrogens is 164 g/mol. The molecule has 1 aliphatic carbocycles. The summed E-state index contributed by atoms with van der Waals surface area (Å²) >= 11 is 0. The molecule has 3 heteroatoms. The SMILES string of the molecule is OC1CCNC1CNC1CCCC1. The van der Waals surface area contributed by atoms with E-state index in [1.54, 1.807) is 0 Å². The van der Waals surface area contributed by atoms with Gasteiger partial charge in [0.15, 0.2) is 0 Å². The topological polar surface area (TPSA) is 44.3 Å². The summed E-state index contributed by atoms with van der Waals surface area (Å²) in [5.74, 6) is 0. The molecule has 0 aromatic heterocycles. The summed E-state index contributed by atoms with van der Waals surface area (Å²) < 4.78 is 0. The van der Waals surface area contributed by atoms with E-state index in [1.165, 1.54) is 25.7 Å². The van der Waals surface area contributed by atoms with Crippen LogP contribution in [0.1, 0.15) is 32.1 Å². The van der Waals surface area contributed by atoms with E-state index < -0.39 is 0 Å².